The highest BCUT2D eigenvalue weighted by Gasteiger charge is 2.09. The second kappa shape index (κ2) is 6.02. The summed E-state index contributed by atoms with van der Waals surface area (Å²) in [4.78, 5) is 11.9. The zero-order chi connectivity index (χ0) is 12.8. The topological polar surface area (TPSA) is 54.3 Å². The lowest BCUT2D eigenvalue weighted by Gasteiger charge is -2.10. The molecule has 2 N–H and O–H groups in total. The van der Waals surface area contributed by atoms with Gasteiger partial charge in [0.2, 0.25) is 0 Å². The predicted octanol–water partition coefficient (Wildman–Crippen LogP) is 2.64. The third kappa shape index (κ3) is 2.99. The number of nitrogens with one attached hydrogen (secondary N) is 2. The van der Waals surface area contributed by atoms with Crippen molar-refractivity contribution in [2.75, 3.05) is 11.9 Å². The third-order valence-electron chi connectivity index (χ3n) is 2.61. The lowest BCUT2D eigenvalue weighted by atomic mass is 10.1. The fraction of sp³-hybridized carbons (Fsp3) is 0.214. The summed E-state index contributed by atoms with van der Waals surface area (Å²) in [5.41, 5.74) is 2.41. The van der Waals surface area contributed by atoms with Gasteiger partial charge in [0.05, 0.1) is 11.8 Å². The normalized spacial score (nSPS) is 10.3. The maximum Gasteiger partial charge on any atom is 0.258 e. The highest BCUT2D eigenvalue weighted by atomic mass is 16.3. The molecule has 2 rings (SSSR count). The minimum absolute atomic E-state index is 0.160. The van der Waals surface area contributed by atoms with E-state index >= 15 is 0 Å². The molecule has 18 heavy (non-hydrogen) atoms. The summed E-state index contributed by atoms with van der Waals surface area (Å²) >= 11 is 0. The van der Waals surface area contributed by atoms with Crippen molar-refractivity contribution in [2.24, 2.45) is 0 Å². The number of hydrogen-bond donors (Lipinski definition) is 2. The number of carbonyl (C=O) groups is 1. The average Bonchev–Trinajstić information content (AvgIpc) is 2.91. The number of amides is 1. The van der Waals surface area contributed by atoms with Gasteiger partial charge in [-0.15, -0.1) is 0 Å². The van der Waals surface area contributed by atoms with Crippen LogP contribution in [0.5, 0.6) is 0 Å². The van der Waals surface area contributed by atoms with Gasteiger partial charge in [-0.2, -0.15) is 0 Å². The van der Waals surface area contributed by atoms with Gasteiger partial charge in [-0.3, -0.25) is 4.79 Å². The van der Waals surface area contributed by atoms with Crippen molar-refractivity contribution in [3.63, 3.8) is 0 Å². The Balaban J connectivity index is 2.11. The highest BCUT2D eigenvalue weighted by Crippen LogP contribution is 2.16. The Bertz CT molecular complexity index is 506. The van der Waals surface area contributed by atoms with Crippen LogP contribution in [-0.4, -0.2) is 12.5 Å². The Labute approximate surface area is 106 Å². The van der Waals surface area contributed by atoms with Gasteiger partial charge in [-0.1, -0.05) is 25.1 Å². The Kier molecular flexibility index (Phi) is 4.15. The first-order chi connectivity index (χ1) is 8.81. The Morgan fingerprint density at radius 1 is 1.28 bits per heavy atom. The van der Waals surface area contributed by atoms with E-state index in [0.717, 1.165) is 24.3 Å². The van der Waals surface area contributed by atoms with Gasteiger partial charge in [0.25, 0.3) is 5.91 Å². The Morgan fingerprint density at radius 2 is 2.11 bits per heavy atom. The van der Waals surface area contributed by atoms with Crippen LogP contribution in [0.15, 0.2) is 47.3 Å². The number of benzene rings is 1. The van der Waals surface area contributed by atoms with Gasteiger partial charge >= 0.3 is 0 Å². The van der Waals surface area contributed by atoms with Crippen molar-refractivity contribution in [1.82, 2.24) is 5.32 Å². The van der Waals surface area contributed by atoms with Crippen molar-refractivity contribution < 1.29 is 9.21 Å². The number of para-hydroxylation sites is 1. The summed E-state index contributed by atoms with van der Waals surface area (Å²) in [6.45, 7) is 3.68. The Hall–Kier alpha value is -2.07. The summed E-state index contributed by atoms with van der Waals surface area (Å²) in [5, 5.41) is 6.13. The molecule has 0 unspecified atom stereocenters. The van der Waals surface area contributed by atoms with Crippen LogP contribution >= 0.6 is 0 Å². The molecular weight excluding hydrogens is 228 g/mol. The van der Waals surface area contributed by atoms with E-state index < -0.39 is 0 Å². The van der Waals surface area contributed by atoms with E-state index in [2.05, 4.69) is 10.6 Å². The quantitative estimate of drug-likeness (QED) is 0.850. The van der Waals surface area contributed by atoms with Crippen LogP contribution in [0.25, 0.3) is 0 Å². The number of carbonyl (C=O) groups excluding carboxylic acids is 1. The van der Waals surface area contributed by atoms with Gasteiger partial charge in [0.15, 0.2) is 0 Å². The molecule has 0 radical (unpaired) electrons. The van der Waals surface area contributed by atoms with Gasteiger partial charge in [0.1, 0.15) is 6.26 Å². The van der Waals surface area contributed by atoms with Crippen molar-refractivity contribution in [2.45, 2.75) is 13.5 Å². The molecule has 0 fully saturated rings. The van der Waals surface area contributed by atoms with Crippen molar-refractivity contribution in [3.8, 4) is 0 Å². The van der Waals surface area contributed by atoms with Crippen LogP contribution in [-0.2, 0) is 6.54 Å². The zero-order valence-electron chi connectivity index (χ0n) is 10.3. The van der Waals surface area contributed by atoms with Crippen LogP contribution in [0, 0.1) is 0 Å². The number of hydrogen-bond acceptors (Lipinski definition) is 3. The zero-order valence-corrected chi connectivity index (χ0v) is 10.3. The monoisotopic (exact) mass is 244 g/mol. The second-order valence-electron chi connectivity index (χ2n) is 3.90. The van der Waals surface area contributed by atoms with Gasteiger partial charge < -0.3 is 15.1 Å². The van der Waals surface area contributed by atoms with E-state index in [-0.39, 0.29) is 5.91 Å². The van der Waals surface area contributed by atoms with Crippen molar-refractivity contribution in [1.29, 1.82) is 0 Å². The molecule has 0 bridgehead atoms. The fourth-order valence-corrected chi connectivity index (χ4v) is 1.64. The first-order valence-corrected chi connectivity index (χ1v) is 5.93. The first-order valence-electron chi connectivity index (χ1n) is 5.93. The summed E-state index contributed by atoms with van der Waals surface area (Å²) in [6, 6.07) is 9.39. The standard InChI is InChI=1S/C14H16N2O2/c1-2-15-9-11-5-3-4-6-13(11)16-14(17)12-7-8-18-10-12/h3-8,10,15H,2,9H2,1H3,(H,16,17). The summed E-state index contributed by atoms with van der Waals surface area (Å²) in [5.74, 6) is -0.160. The molecule has 1 heterocycles. The van der Waals surface area contributed by atoms with Gasteiger partial charge in [-0.05, 0) is 24.2 Å². The molecular formula is C14H16N2O2. The molecule has 0 saturated heterocycles. The molecule has 0 spiro atoms. The molecule has 1 aromatic carbocycles. The van der Waals surface area contributed by atoms with E-state index in [9.17, 15) is 4.79 Å². The molecule has 94 valence electrons. The molecule has 2 aromatic rings. The minimum atomic E-state index is -0.160. The molecule has 4 nitrogen and oxygen atoms in total. The van der Waals surface area contributed by atoms with Crippen LogP contribution < -0.4 is 10.6 Å². The molecule has 0 saturated carbocycles. The summed E-state index contributed by atoms with van der Waals surface area (Å²) in [7, 11) is 0. The SMILES string of the molecule is CCNCc1ccccc1NC(=O)c1ccoc1. The van der Waals surface area contributed by atoms with E-state index in [1.54, 1.807) is 6.07 Å². The maximum atomic E-state index is 11.9. The summed E-state index contributed by atoms with van der Waals surface area (Å²) in [6.07, 6.45) is 2.92. The van der Waals surface area contributed by atoms with Crippen molar-refractivity contribution >= 4 is 11.6 Å². The molecule has 0 aliphatic carbocycles. The lowest BCUT2D eigenvalue weighted by molar-refractivity contribution is 0.102. The second-order valence-corrected chi connectivity index (χ2v) is 3.90. The highest BCUT2D eigenvalue weighted by molar-refractivity contribution is 6.04. The number of furan rings is 1. The van der Waals surface area contributed by atoms with Gasteiger partial charge in [0, 0.05) is 12.2 Å². The van der Waals surface area contributed by atoms with Crippen molar-refractivity contribution in [3.05, 3.63) is 54.0 Å². The number of rotatable bonds is 5. The largest absolute Gasteiger partial charge is 0.472 e. The number of anilines is 1. The van der Waals surface area contributed by atoms with Crippen LogP contribution in [0.1, 0.15) is 22.8 Å². The molecule has 0 aliphatic heterocycles. The molecule has 4 heteroatoms. The predicted molar refractivity (Wildman–Crippen MR) is 70.5 cm³/mol. The molecule has 1 amide bonds. The van der Waals surface area contributed by atoms with E-state index in [1.807, 2.05) is 31.2 Å². The summed E-state index contributed by atoms with van der Waals surface area (Å²) < 4.78 is 4.90. The van der Waals surface area contributed by atoms with Crippen LogP contribution in [0.3, 0.4) is 0 Å². The maximum absolute atomic E-state index is 11.9. The van der Waals surface area contributed by atoms with Crippen LogP contribution in [0.2, 0.25) is 0 Å². The van der Waals surface area contributed by atoms with E-state index in [4.69, 9.17) is 4.42 Å². The first kappa shape index (κ1) is 12.4. The lowest BCUT2D eigenvalue weighted by Crippen LogP contribution is -2.16. The average molecular weight is 244 g/mol. The molecule has 1 aromatic heterocycles. The Morgan fingerprint density at radius 3 is 2.83 bits per heavy atom. The van der Waals surface area contributed by atoms with Crippen LogP contribution in [0.4, 0.5) is 5.69 Å². The molecule has 0 aliphatic rings. The van der Waals surface area contributed by atoms with E-state index in [1.165, 1.54) is 12.5 Å². The minimum Gasteiger partial charge on any atom is -0.472 e. The van der Waals surface area contributed by atoms with E-state index in [0.29, 0.717) is 5.56 Å². The third-order valence-corrected chi connectivity index (χ3v) is 2.61. The fourth-order valence-electron chi connectivity index (χ4n) is 1.64. The van der Waals surface area contributed by atoms with Gasteiger partial charge in [-0.25, -0.2) is 0 Å². The smallest absolute Gasteiger partial charge is 0.258 e. The molecule has 0 atom stereocenters.